The van der Waals surface area contributed by atoms with Crippen molar-refractivity contribution >= 4 is 54.1 Å². The van der Waals surface area contributed by atoms with Gasteiger partial charge in [-0.25, -0.2) is 9.97 Å². The fourth-order valence-corrected chi connectivity index (χ4v) is 7.69. The summed E-state index contributed by atoms with van der Waals surface area (Å²) >= 11 is 0. The van der Waals surface area contributed by atoms with E-state index in [1.54, 1.807) is 0 Å². The van der Waals surface area contributed by atoms with Crippen molar-refractivity contribution in [2.24, 2.45) is 0 Å². The second-order valence-corrected chi connectivity index (χ2v) is 12.9. The zero-order chi connectivity index (χ0) is 33.0. The van der Waals surface area contributed by atoms with E-state index in [4.69, 9.17) is 9.97 Å². The lowest BCUT2D eigenvalue weighted by Gasteiger charge is -2.18. The molecule has 0 saturated carbocycles. The van der Waals surface area contributed by atoms with Gasteiger partial charge in [-0.15, -0.1) is 0 Å². The lowest BCUT2D eigenvalue weighted by Crippen LogP contribution is -1.94. The number of hydrogen-bond donors (Lipinski definition) is 0. The van der Waals surface area contributed by atoms with Crippen LogP contribution in [0.2, 0.25) is 0 Å². The zero-order valence-corrected chi connectivity index (χ0v) is 27.2. The molecule has 0 amide bonds. The van der Waals surface area contributed by atoms with E-state index in [0.29, 0.717) is 0 Å². The minimum Gasteiger partial charge on any atom is -0.245 e. The molecule has 0 aliphatic rings. The van der Waals surface area contributed by atoms with Crippen LogP contribution >= 0.6 is 0 Å². The Morgan fingerprint density at radius 2 is 0.740 bits per heavy atom. The lowest BCUT2D eigenvalue weighted by atomic mass is 9.86. The van der Waals surface area contributed by atoms with Crippen LogP contribution in [0.1, 0.15) is 0 Å². The van der Waals surface area contributed by atoms with Gasteiger partial charge in [0.05, 0.1) is 22.4 Å². The van der Waals surface area contributed by atoms with Crippen LogP contribution in [0.15, 0.2) is 182 Å². The normalized spacial score (nSPS) is 11.6. The van der Waals surface area contributed by atoms with Crippen molar-refractivity contribution in [1.82, 2.24) is 9.97 Å². The molecule has 0 fully saturated rings. The number of hydrogen-bond acceptors (Lipinski definition) is 2. The van der Waals surface area contributed by atoms with Gasteiger partial charge in [0.2, 0.25) is 0 Å². The van der Waals surface area contributed by atoms with E-state index in [-0.39, 0.29) is 0 Å². The first-order valence-corrected chi connectivity index (χ1v) is 17.1. The highest BCUT2D eigenvalue weighted by molar-refractivity contribution is 6.21. The molecule has 0 radical (unpaired) electrons. The van der Waals surface area contributed by atoms with Gasteiger partial charge in [-0.1, -0.05) is 170 Å². The maximum absolute atomic E-state index is 5.42. The van der Waals surface area contributed by atoms with Crippen LogP contribution < -0.4 is 0 Å². The molecule has 50 heavy (non-hydrogen) atoms. The van der Waals surface area contributed by atoms with Crippen molar-refractivity contribution in [1.29, 1.82) is 0 Å². The molecule has 0 bridgehead atoms. The zero-order valence-electron chi connectivity index (χ0n) is 27.2. The summed E-state index contributed by atoms with van der Waals surface area (Å²) in [5, 5.41) is 9.48. The van der Waals surface area contributed by atoms with Gasteiger partial charge in [0.15, 0.2) is 0 Å². The molecule has 8 aromatic carbocycles. The monoisotopic (exact) mass is 634 g/mol. The molecule has 0 N–H and O–H groups in total. The number of benzene rings is 8. The Balaban J connectivity index is 1.17. The second-order valence-electron chi connectivity index (χ2n) is 12.9. The van der Waals surface area contributed by atoms with Crippen LogP contribution in [-0.2, 0) is 0 Å². The standard InChI is InChI=1S/C48H30N2/c1-2-12-33(13-3-1)43-29-27-35-25-26-36-28-30-44(50-48(36)47(35)49-43)46-41-18-8-6-16-39(41)45(40-17-7-9-19-42(40)46)34-23-21-32(22-24-34)38-20-10-14-31-11-4-5-15-37(31)38/h1-30H. The van der Waals surface area contributed by atoms with Crippen LogP contribution in [0, 0.1) is 0 Å². The molecule has 2 aromatic heterocycles. The Labute approximate surface area is 290 Å². The Bertz CT molecular complexity index is 2850. The number of nitrogens with zero attached hydrogens (tertiary/aromatic N) is 2. The third-order valence-electron chi connectivity index (χ3n) is 10.1. The summed E-state index contributed by atoms with van der Waals surface area (Å²) < 4.78 is 0. The van der Waals surface area contributed by atoms with Crippen molar-refractivity contribution in [3.05, 3.63) is 182 Å². The van der Waals surface area contributed by atoms with Gasteiger partial charge in [0.25, 0.3) is 0 Å². The van der Waals surface area contributed by atoms with Crippen LogP contribution in [0.3, 0.4) is 0 Å². The minimum atomic E-state index is 0.916. The summed E-state index contributed by atoms with van der Waals surface area (Å²) in [6.45, 7) is 0. The Morgan fingerprint density at radius 1 is 0.260 bits per heavy atom. The van der Waals surface area contributed by atoms with Gasteiger partial charge in [-0.2, -0.15) is 0 Å². The average Bonchev–Trinajstić information content (AvgIpc) is 3.19. The molecule has 0 saturated heterocycles. The molecule has 0 unspecified atom stereocenters. The maximum Gasteiger partial charge on any atom is 0.0972 e. The number of pyridine rings is 2. The van der Waals surface area contributed by atoms with E-state index in [2.05, 4.69) is 176 Å². The number of rotatable bonds is 4. The summed E-state index contributed by atoms with van der Waals surface area (Å²) in [4.78, 5) is 10.6. The quantitative estimate of drug-likeness (QED) is 0.142. The first-order chi connectivity index (χ1) is 24.8. The van der Waals surface area contributed by atoms with E-state index < -0.39 is 0 Å². The number of fused-ring (bicyclic) bond motifs is 6. The summed E-state index contributed by atoms with van der Waals surface area (Å²) in [5.74, 6) is 0. The van der Waals surface area contributed by atoms with Gasteiger partial charge in [0.1, 0.15) is 0 Å². The second kappa shape index (κ2) is 11.5. The van der Waals surface area contributed by atoms with E-state index in [9.17, 15) is 0 Å². The van der Waals surface area contributed by atoms with Gasteiger partial charge in [-0.05, 0) is 66.7 Å². The average molecular weight is 635 g/mol. The Kier molecular flexibility index (Phi) is 6.53. The van der Waals surface area contributed by atoms with Crippen molar-refractivity contribution in [2.75, 3.05) is 0 Å². The highest BCUT2D eigenvalue weighted by atomic mass is 14.8. The van der Waals surface area contributed by atoms with Gasteiger partial charge in [-0.3, -0.25) is 0 Å². The first kappa shape index (κ1) is 28.4. The van der Waals surface area contributed by atoms with E-state index >= 15 is 0 Å². The molecule has 10 aromatic rings. The predicted octanol–water partition coefficient (Wildman–Crippen LogP) is 12.9. The molecule has 2 heterocycles. The fraction of sp³-hybridized carbons (Fsp3) is 0. The van der Waals surface area contributed by atoms with Crippen LogP contribution in [0.5, 0.6) is 0 Å². The van der Waals surface area contributed by atoms with Crippen LogP contribution in [0.4, 0.5) is 0 Å². The SMILES string of the molecule is c1ccc(-c2ccc3ccc4ccc(-c5c6ccccc6c(-c6ccc(-c7cccc8ccccc78)cc6)c6ccccc56)nc4c3n2)cc1. The smallest absolute Gasteiger partial charge is 0.0972 e. The van der Waals surface area contributed by atoms with Crippen molar-refractivity contribution in [3.63, 3.8) is 0 Å². The molecule has 0 atom stereocenters. The van der Waals surface area contributed by atoms with Crippen LogP contribution in [-0.4, -0.2) is 9.97 Å². The molecule has 232 valence electrons. The van der Waals surface area contributed by atoms with Crippen LogP contribution in [0.25, 0.3) is 98.9 Å². The summed E-state index contributed by atoms with van der Waals surface area (Å²) in [5.41, 5.74) is 10.9. The van der Waals surface area contributed by atoms with E-state index in [0.717, 1.165) is 44.3 Å². The number of aromatic nitrogens is 2. The minimum absolute atomic E-state index is 0.916. The molecule has 0 aliphatic carbocycles. The topological polar surface area (TPSA) is 25.8 Å². The first-order valence-electron chi connectivity index (χ1n) is 17.1. The largest absolute Gasteiger partial charge is 0.245 e. The summed E-state index contributed by atoms with van der Waals surface area (Å²) in [6, 6.07) is 65.1. The molecular weight excluding hydrogens is 605 g/mol. The highest BCUT2D eigenvalue weighted by Gasteiger charge is 2.18. The third-order valence-corrected chi connectivity index (χ3v) is 10.1. The van der Waals surface area contributed by atoms with Gasteiger partial charge in [0, 0.05) is 21.9 Å². The van der Waals surface area contributed by atoms with Crippen molar-refractivity contribution in [3.8, 4) is 44.8 Å². The van der Waals surface area contributed by atoms with Crippen molar-refractivity contribution < 1.29 is 0 Å². The molecular formula is C48H30N2. The third kappa shape index (κ3) is 4.57. The van der Waals surface area contributed by atoms with Crippen molar-refractivity contribution in [2.45, 2.75) is 0 Å². The lowest BCUT2D eigenvalue weighted by molar-refractivity contribution is 1.37. The highest BCUT2D eigenvalue weighted by Crippen LogP contribution is 2.44. The Hall–Kier alpha value is -6.64. The molecule has 0 spiro atoms. The fourth-order valence-electron chi connectivity index (χ4n) is 7.69. The maximum atomic E-state index is 5.42. The molecule has 2 nitrogen and oxygen atoms in total. The summed E-state index contributed by atoms with van der Waals surface area (Å²) in [7, 11) is 0. The van der Waals surface area contributed by atoms with Gasteiger partial charge < -0.3 is 0 Å². The van der Waals surface area contributed by atoms with Gasteiger partial charge >= 0.3 is 0 Å². The predicted molar refractivity (Wildman–Crippen MR) is 211 cm³/mol. The molecule has 2 heteroatoms. The molecule has 10 rings (SSSR count). The van der Waals surface area contributed by atoms with E-state index in [1.165, 1.54) is 54.6 Å². The Morgan fingerprint density at radius 3 is 1.40 bits per heavy atom. The summed E-state index contributed by atoms with van der Waals surface area (Å²) in [6.07, 6.45) is 0. The molecule has 0 aliphatic heterocycles. The van der Waals surface area contributed by atoms with E-state index in [1.807, 2.05) is 6.07 Å².